The Labute approximate surface area is 189 Å². The minimum Gasteiger partial charge on any atom is -0.479 e. The van der Waals surface area contributed by atoms with Crippen molar-refractivity contribution in [1.29, 1.82) is 0 Å². The SMILES string of the molecule is COc1nc(C(=O)NCC(F)CN)cn2nc(-c3cc4cccnc4n3CC3CC3)c(C)c12. The van der Waals surface area contributed by atoms with Crippen molar-refractivity contribution in [3.05, 3.63) is 41.9 Å². The second kappa shape index (κ2) is 8.43. The smallest absolute Gasteiger partial charge is 0.271 e. The fourth-order valence-electron chi connectivity index (χ4n) is 4.07. The van der Waals surface area contributed by atoms with Crippen molar-refractivity contribution < 1.29 is 13.9 Å². The maximum Gasteiger partial charge on any atom is 0.271 e. The molecule has 1 atom stereocenters. The number of amides is 1. The van der Waals surface area contributed by atoms with Crippen LogP contribution in [0.15, 0.2) is 30.6 Å². The molecule has 0 bridgehead atoms. The van der Waals surface area contributed by atoms with Crippen molar-refractivity contribution in [2.24, 2.45) is 11.7 Å². The van der Waals surface area contributed by atoms with Crippen LogP contribution in [0.2, 0.25) is 0 Å². The second-order valence-electron chi connectivity index (χ2n) is 8.45. The average molecular weight is 452 g/mol. The summed E-state index contributed by atoms with van der Waals surface area (Å²) in [4.78, 5) is 21.5. The summed E-state index contributed by atoms with van der Waals surface area (Å²) in [5.74, 6) is 0.406. The predicted molar refractivity (Wildman–Crippen MR) is 122 cm³/mol. The van der Waals surface area contributed by atoms with Gasteiger partial charge in [-0.2, -0.15) is 5.10 Å². The predicted octanol–water partition coefficient (Wildman–Crippen LogP) is 2.50. The van der Waals surface area contributed by atoms with Crippen LogP contribution in [0, 0.1) is 12.8 Å². The van der Waals surface area contributed by atoms with Gasteiger partial charge in [0.1, 0.15) is 23.0 Å². The lowest BCUT2D eigenvalue weighted by Crippen LogP contribution is -2.34. The van der Waals surface area contributed by atoms with Gasteiger partial charge in [-0.15, -0.1) is 0 Å². The molecular weight excluding hydrogens is 425 g/mol. The minimum atomic E-state index is -1.32. The summed E-state index contributed by atoms with van der Waals surface area (Å²) in [7, 11) is 1.50. The van der Waals surface area contributed by atoms with Crippen LogP contribution >= 0.6 is 0 Å². The normalized spacial score (nSPS) is 14.7. The molecule has 33 heavy (non-hydrogen) atoms. The van der Waals surface area contributed by atoms with Gasteiger partial charge in [-0.3, -0.25) is 4.79 Å². The number of hydrogen-bond donors (Lipinski definition) is 2. The Morgan fingerprint density at radius 2 is 2.24 bits per heavy atom. The van der Waals surface area contributed by atoms with Gasteiger partial charge in [0.2, 0.25) is 5.88 Å². The van der Waals surface area contributed by atoms with Crippen LogP contribution in [-0.4, -0.2) is 56.4 Å². The van der Waals surface area contributed by atoms with Gasteiger partial charge in [0.05, 0.1) is 25.5 Å². The molecule has 1 unspecified atom stereocenters. The molecule has 0 radical (unpaired) electrons. The number of halogens is 1. The van der Waals surface area contributed by atoms with Crippen molar-refractivity contribution in [3.8, 4) is 17.3 Å². The fraction of sp³-hybridized carbons (Fsp3) is 0.391. The second-order valence-corrected chi connectivity index (χ2v) is 8.45. The van der Waals surface area contributed by atoms with E-state index < -0.39 is 12.1 Å². The van der Waals surface area contributed by atoms with E-state index in [2.05, 4.69) is 25.9 Å². The van der Waals surface area contributed by atoms with Crippen LogP contribution in [0.5, 0.6) is 5.88 Å². The lowest BCUT2D eigenvalue weighted by Gasteiger charge is -2.09. The molecule has 9 nitrogen and oxygen atoms in total. The highest BCUT2D eigenvalue weighted by Crippen LogP contribution is 2.37. The highest BCUT2D eigenvalue weighted by Gasteiger charge is 2.27. The van der Waals surface area contributed by atoms with E-state index in [1.807, 2.05) is 19.1 Å². The number of alkyl halides is 1. The number of nitrogens with two attached hydrogens (primary N) is 1. The van der Waals surface area contributed by atoms with Crippen molar-refractivity contribution in [2.75, 3.05) is 20.2 Å². The molecule has 3 N–H and O–H groups in total. The van der Waals surface area contributed by atoms with Gasteiger partial charge >= 0.3 is 0 Å². The summed E-state index contributed by atoms with van der Waals surface area (Å²) >= 11 is 0. The molecule has 4 aromatic heterocycles. The zero-order valence-electron chi connectivity index (χ0n) is 18.6. The van der Waals surface area contributed by atoms with Crippen molar-refractivity contribution in [1.82, 2.24) is 29.5 Å². The molecule has 1 aliphatic rings. The number of carbonyl (C=O) groups excluding carboxylic acids is 1. The molecule has 1 amide bonds. The average Bonchev–Trinajstić information content (AvgIpc) is 3.50. The summed E-state index contributed by atoms with van der Waals surface area (Å²) in [5, 5.41) is 8.36. The molecule has 5 rings (SSSR count). The first-order chi connectivity index (χ1) is 16.0. The van der Waals surface area contributed by atoms with Crippen LogP contribution in [0.4, 0.5) is 4.39 Å². The number of fused-ring (bicyclic) bond motifs is 2. The van der Waals surface area contributed by atoms with Crippen molar-refractivity contribution in [3.63, 3.8) is 0 Å². The highest BCUT2D eigenvalue weighted by molar-refractivity contribution is 5.93. The molecule has 4 heterocycles. The van der Waals surface area contributed by atoms with Gasteiger partial charge in [0.15, 0.2) is 5.69 Å². The molecule has 1 fully saturated rings. The van der Waals surface area contributed by atoms with E-state index in [1.54, 1.807) is 10.7 Å². The topological polar surface area (TPSA) is 112 Å². The van der Waals surface area contributed by atoms with Gasteiger partial charge < -0.3 is 20.4 Å². The molecular formula is C23H26FN7O2. The number of hydrogen-bond acceptors (Lipinski definition) is 6. The number of ether oxygens (including phenoxy) is 1. The number of pyridine rings is 1. The number of carbonyl (C=O) groups is 1. The monoisotopic (exact) mass is 451 g/mol. The van der Waals surface area contributed by atoms with Gasteiger partial charge in [0.25, 0.3) is 5.91 Å². The lowest BCUT2D eigenvalue weighted by molar-refractivity contribution is 0.0936. The first-order valence-electron chi connectivity index (χ1n) is 11.0. The number of nitrogens with zero attached hydrogens (tertiary/aromatic N) is 5. The Balaban J connectivity index is 1.60. The van der Waals surface area contributed by atoms with Crippen LogP contribution in [0.1, 0.15) is 28.9 Å². The van der Waals surface area contributed by atoms with Gasteiger partial charge in [-0.1, -0.05) is 0 Å². The maximum absolute atomic E-state index is 13.5. The number of aromatic nitrogens is 5. The summed E-state index contributed by atoms with van der Waals surface area (Å²) in [6, 6.07) is 6.07. The van der Waals surface area contributed by atoms with E-state index in [-0.39, 0.29) is 24.7 Å². The Morgan fingerprint density at radius 3 is 2.97 bits per heavy atom. The number of nitrogens with one attached hydrogen (secondary N) is 1. The van der Waals surface area contributed by atoms with Crippen LogP contribution in [0.25, 0.3) is 27.9 Å². The summed E-state index contributed by atoms with van der Waals surface area (Å²) in [6.07, 6.45) is 4.45. The number of rotatable bonds is 8. The maximum atomic E-state index is 13.5. The summed E-state index contributed by atoms with van der Waals surface area (Å²) in [6.45, 7) is 2.50. The van der Waals surface area contributed by atoms with E-state index in [4.69, 9.17) is 15.6 Å². The van der Waals surface area contributed by atoms with E-state index >= 15 is 0 Å². The zero-order chi connectivity index (χ0) is 23.1. The Bertz CT molecular complexity index is 1340. The largest absolute Gasteiger partial charge is 0.479 e. The third kappa shape index (κ3) is 3.91. The molecule has 0 saturated heterocycles. The van der Waals surface area contributed by atoms with Gasteiger partial charge in [-0.25, -0.2) is 18.9 Å². The van der Waals surface area contributed by atoms with E-state index in [1.165, 1.54) is 26.1 Å². The van der Waals surface area contributed by atoms with Crippen LogP contribution in [-0.2, 0) is 6.54 Å². The summed E-state index contributed by atoms with van der Waals surface area (Å²) < 4.78 is 22.8. The Hall–Kier alpha value is -3.53. The molecule has 0 spiro atoms. The zero-order valence-corrected chi connectivity index (χ0v) is 18.6. The van der Waals surface area contributed by atoms with Gasteiger partial charge in [0, 0.05) is 30.2 Å². The van der Waals surface area contributed by atoms with E-state index in [0.29, 0.717) is 11.4 Å². The fourth-order valence-corrected chi connectivity index (χ4v) is 4.07. The molecule has 0 aromatic carbocycles. The Kier molecular flexibility index (Phi) is 5.45. The van der Waals surface area contributed by atoms with Crippen LogP contribution in [0.3, 0.4) is 0 Å². The van der Waals surface area contributed by atoms with Crippen molar-refractivity contribution >= 4 is 22.5 Å². The third-order valence-electron chi connectivity index (χ3n) is 6.02. The molecule has 4 aromatic rings. The highest BCUT2D eigenvalue weighted by atomic mass is 19.1. The molecule has 1 saturated carbocycles. The Morgan fingerprint density at radius 1 is 1.42 bits per heavy atom. The molecule has 172 valence electrons. The standard InChI is InChI=1S/C23H26FN7O2/c1-13-19(18-8-15-4-3-7-26-21(15)30(18)11-14-5-6-14)29-31-12-17(28-23(33-2)20(13)31)22(32)27-10-16(24)9-25/h3-4,7-8,12,14,16H,5-6,9-11,25H2,1-2H3,(H,27,32). The van der Waals surface area contributed by atoms with Gasteiger partial charge in [-0.05, 0) is 43.9 Å². The minimum absolute atomic E-state index is 0.0813. The molecule has 10 heteroatoms. The summed E-state index contributed by atoms with van der Waals surface area (Å²) in [5.41, 5.74) is 9.60. The first kappa shape index (κ1) is 21.3. The molecule has 1 aliphatic carbocycles. The van der Waals surface area contributed by atoms with E-state index in [9.17, 15) is 9.18 Å². The van der Waals surface area contributed by atoms with Crippen LogP contribution < -0.4 is 15.8 Å². The third-order valence-corrected chi connectivity index (χ3v) is 6.02. The number of methoxy groups -OCH3 is 1. The van der Waals surface area contributed by atoms with E-state index in [0.717, 1.165) is 34.5 Å². The first-order valence-corrected chi connectivity index (χ1v) is 11.0. The number of aryl methyl sites for hydroxylation is 1. The lowest BCUT2D eigenvalue weighted by atomic mass is 10.1. The molecule has 0 aliphatic heterocycles. The van der Waals surface area contributed by atoms with Crippen molar-refractivity contribution in [2.45, 2.75) is 32.5 Å². The quantitative estimate of drug-likeness (QED) is 0.426.